The minimum atomic E-state index is -3.18. The Hall–Kier alpha value is -0.950. The predicted molar refractivity (Wildman–Crippen MR) is 70.8 cm³/mol. The zero-order valence-electron chi connectivity index (χ0n) is 11.7. The van der Waals surface area contributed by atoms with Crippen molar-refractivity contribution >= 4 is 10.0 Å². The van der Waals surface area contributed by atoms with Gasteiger partial charge in [0, 0.05) is 25.7 Å². The maximum Gasteiger partial charge on any atom is 0.215 e. The molecule has 0 aliphatic rings. The number of hydrogen-bond donors (Lipinski definition) is 0. The minimum absolute atomic E-state index is 0.0291. The van der Waals surface area contributed by atoms with Crippen molar-refractivity contribution in [2.45, 2.75) is 39.2 Å². The molecule has 0 aliphatic carbocycles. The summed E-state index contributed by atoms with van der Waals surface area (Å²) in [5, 5.41) is 8.09. The molecule has 0 saturated carbocycles. The third-order valence-electron chi connectivity index (χ3n) is 3.25. The van der Waals surface area contributed by atoms with Crippen LogP contribution in [0.15, 0.2) is 6.20 Å². The van der Waals surface area contributed by atoms with Crippen molar-refractivity contribution in [1.29, 1.82) is 0 Å². The fourth-order valence-corrected chi connectivity index (χ4v) is 2.07. The molecule has 0 unspecified atom stereocenters. The van der Waals surface area contributed by atoms with Crippen LogP contribution < -0.4 is 0 Å². The molecule has 0 spiro atoms. The van der Waals surface area contributed by atoms with Crippen LogP contribution in [0.1, 0.15) is 32.9 Å². The van der Waals surface area contributed by atoms with Crippen molar-refractivity contribution < 1.29 is 8.42 Å². The van der Waals surface area contributed by atoms with Crippen molar-refractivity contribution in [3.05, 3.63) is 11.9 Å². The SMILES string of the molecule is CCC(C)(C)c1cn(CCS(=O)(=O)N(C)C)nn1. The van der Waals surface area contributed by atoms with Gasteiger partial charge in [0.25, 0.3) is 0 Å². The molecule has 1 rings (SSSR count). The van der Waals surface area contributed by atoms with E-state index in [1.807, 2.05) is 6.20 Å². The highest BCUT2D eigenvalue weighted by molar-refractivity contribution is 7.89. The molecule has 0 aliphatic heterocycles. The second-order valence-electron chi connectivity index (χ2n) is 5.20. The van der Waals surface area contributed by atoms with Crippen molar-refractivity contribution in [2.24, 2.45) is 0 Å². The van der Waals surface area contributed by atoms with Crippen molar-refractivity contribution in [3.8, 4) is 0 Å². The maximum absolute atomic E-state index is 11.6. The van der Waals surface area contributed by atoms with Crippen molar-refractivity contribution in [1.82, 2.24) is 19.3 Å². The first-order valence-electron chi connectivity index (χ1n) is 6.00. The van der Waals surface area contributed by atoms with Gasteiger partial charge in [-0.3, -0.25) is 4.68 Å². The summed E-state index contributed by atoms with van der Waals surface area (Å²) in [4.78, 5) is 0. The molecule has 0 amide bonds. The molecular weight excluding hydrogens is 252 g/mol. The van der Waals surface area contributed by atoms with E-state index in [9.17, 15) is 8.42 Å². The minimum Gasteiger partial charge on any atom is -0.251 e. The second kappa shape index (κ2) is 5.36. The van der Waals surface area contributed by atoms with Gasteiger partial charge in [0.15, 0.2) is 0 Å². The summed E-state index contributed by atoms with van der Waals surface area (Å²) >= 11 is 0. The van der Waals surface area contributed by atoms with Crippen LogP contribution >= 0.6 is 0 Å². The molecule has 7 heteroatoms. The molecule has 1 aromatic heterocycles. The largest absolute Gasteiger partial charge is 0.251 e. The Balaban J connectivity index is 2.72. The lowest BCUT2D eigenvalue weighted by Crippen LogP contribution is -2.27. The molecule has 0 bridgehead atoms. The highest BCUT2D eigenvalue weighted by Crippen LogP contribution is 2.23. The summed E-state index contributed by atoms with van der Waals surface area (Å²) in [5.74, 6) is 0.0371. The first kappa shape index (κ1) is 15.1. The normalized spacial score (nSPS) is 13.2. The molecular formula is C11H22N4O2S. The Labute approximate surface area is 109 Å². The van der Waals surface area contributed by atoms with E-state index >= 15 is 0 Å². The third kappa shape index (κ3) is 3.52. The summed E-state index contributed by atoms with van der Waals surface area (Å²) in [6.45, 7) is 6.61. The molecule has 0 atom stereocenters. The highest BCUT2D eigenvalue weighted by atomic mass is 32.2. The van der Waals surface area contributed by atoms with Crippen LogP contribution in [-0.4, -0.2) is 47.6 Å². The Morgan fingerprint density at radius 2 is 2.00 bits per heavy atom. The summed E-state index contributed by atoms with van der Waals surface area (Å²) in [6.07, 6.45) is 2.79. The van der Waals surface area contributed by atoms with Crippen LogP contribution in [0.25, 0.3) is 0 Å². The van der Waals surface area contributed by atoms with Gasteiger partial charge in [0.2, 0.25) is 10.0 Å². The van der Waals surface area contributed by atoms with E-state index in [1.54, 1.807) is 4.68 Å². The first-order valence-corrected chi connectivity index (χ1v) is 7.61. The lowest BCUT2D eigenvalue weighted by atomic mass is 9.87. The lowest BCUT2D eigenvalue weighted by Gasteiger charge is -2.18. The van der Waals surface area contributed by atoms with Crippen LogP contribution in [0.2, 0.25) is 0 Å². The summed E-state index contributed by atoms with van der Waals surface area (Å²) < 4.78 is 26.1. The second-order valence-corrected chi connectivity index (χ2v) is 7.51. The molecule has 0 radical (unpaired) electrons. The van der Waals surface area contributed by atoms with E-state index < -0.39 is 10.0 Å². The van der Waals surface area contributed by atoms with Gasteiger partial charge in [-0.1, -0.05) is 26.0 Å². The Kier molecular flexibility index (Phi) is 4.50. The van der Waals surface area contributed by atoms with Gasteiger partial charge in [-0.2, -0.15) is 0 Å². The summed E-state index contributed by atoms with van der Waals surface area (Å²) in [5.41, 5.74) is 0.867. The quantitative estimate of drug-likeness (QED) is 0.771. The number of aryl methyl sites for hydroxylation is 1. The van der Waals surface area contributed by atoms with Gasteiger partial charge in [-0.05, 0) is 6.42 Å². The smallest absolute Gasteiger partial charge is 0.215 e. The summed E-state index contributed by atoms with van der Waals surface area (Å²) in [7, 11) is -0.123. The van der Waals surface area contributed by atoms with Crippen LogP contribution in [0, 0.1) is 0 Å². The first-order chi connectivity index (χ1) is 8.19. The average molecular weight is 274 g/mol. The third-order valence-corrected chi connectivity index (χ3v) is 5.06. The number of rotatable bonds is 6. The number of hydrogen-bond acceptors (Lipinski definition) is 4. The Morgan fingerprint density at radius 1 is 1.39 bits per heavy atom. The highest BCUT2D eigenvalue weighted by Gasteiger charge is 2.22. The zero-order chi connectivity index (χ0) is 14.0. The molecule has 104 valence electrons. The molecule has 18 heavy (non-hydrogen) atoms. The molecule has 1 aromatic rings. The molecule has 0 fully saturated rings. The van der Waals surface area contributed by atoms with Crippen molar-refractivity contribution in [3.63, 3.8) is 0 Å². The number of aromatic nitrogens is 3. The van der Waals surface area contributed by atoms with Crippen LogP contribution in [0.4, 0.5) is 0 Å². The van der Waals surface area contributed by atoms with Gasteiger partial charge in [0.05, 0.1) is 18.0 Å². The fourth-order valence-electron chi connectivity index (χ4n) is 1.29. The molecule has 0 N–H and O–H groups in total. The Morgan fingerprint density at radius 3 is 2.50 bits per heavy atom. The zero-order valence-corrected chi connectivity index (χ0v) is 12.5. The van der Waals surface area contributed by atoms with Crippen LogP contribution in [0.3, 0.4) is 0 Å². The van der Waals surface area contributed by atoms with Gasteiger partial charge < -0.3 is 0 Å². The van der Waals surface area contributed by atoms with Crippen LogP contribution in [0.5, 0.6) is 0 Å². The molecule has 6 nitrogen and oxygen atoms in total. The van der Waals surface area contributed by atoms with Gasteiger partial charge in [-0.15, -0.1) is 5.10 Å². The van der Waals surface area contributed by atoms with E-state index in [-0.39, 0.29) is 11.2 Å². The maximum atomic E-state index is 11.6. The molecule has 1 heterocycles. The summed E-state index contributed by atoms with van der Waals surface area (Å²) in [6, 6.07) is 0. The topological polar surface area (TPSA) is 68.1 Å². The Bertz CT molecular complexity index is 491. The van der Waals surface area contributed by atoms with E-state index in [2.05, 4.69) is 31.1 Å². The number of nitrogens with zero attached hydrogens (tertiary/aromatic N) is 4. The predicted octanol–water partition coefficient (Wildman–Crippen LogP) is 0.857. The van der Waals surface area contributed by atoms with Gasteiger partial charge in [-0.25, -0.2) is 12.7 Å². The van der Waals surface area contributed by atoms with Crippen LogP contribution in [-0.2, 0) is 22.0 Å². The van der Waals surface area contributed by atoms with Crippen molar-refractivity contribution in [2.75, 3.05) is 19.8 Å². The fraction of sp³-hybridized carbons (Fsp3) is 0.818. The van der Waals surface area contributed by atoms with E-state index in [1.165, 1.54) is 18.4 Å². The van der Waals surface area contributed by atoms with Gasteiger partial charge >= 0.3 is 0 Å². The lowest BCUT2D eigenvalue weighted by molar-refractivity contribution is 0.489. The van der Waals surface area contributed by atoms with E-state index in [4.69, 9.17) is 0 Å². The molecule has 0 saturated heterocycles. The average Bonchev–Trinajstić information content (AvgIpc) is 2.75. The molecule has 0 aromatic carbocycles. The van der Waals surface area contributed by atoms with E-state index in [0.717, 1.165) is 12.1 Å². The number of sulfonamides is 1. The van der Waals surface area contributed by atoms with Gasteiger partial charge in [0.1, 0.15) is 0 Å². The van der Waals surface area contributed by atoms with E-state index in [0.29, 0.717) is 6.54 Å². The standard InChI is InChI=1S/C11H22N4O2S/c1-6-11(2,3)10-9-15(13-12-10)7-8-18(16,17)14(4)5/h9H,6-8H2,1-5H3. The monoisotopic (exact) mass is 274 g/mol.